The zero-order valence-corrected chi connectivity index (χ0v) is 19.7. The summed E-state index contributed by atoms with van der Waals surface area (Å²) in [4.78, 5) is 28.9. The van der Waals surface area contributed by atoms with Gasteiger partial charge in [0.25, 0.3) is 0 Å². The molecule has 0 saturated carbocycles. The summed E-state index contributed by atoms with van der Waals surface area (Å²) in [6.45, 7) is 2.61. The number of thiophene rings is 1. The predicted octanol–water partition coefficient (Wildman–Crippen LogP) is 3.61. The minimum atomic E-state index is -4.56. The SMILES string of the molecule is CCCc1cc2c(N3CCn4c(nnc4C(F)(F)F)C3)nc(C3=N[C@H](CC(=O)O)CS3)nc2s1. The number of thioether (sulfide) groups is 1. The number of carboxylic acids is 1. The van der Waals surface area contributed by atoms with E-state index < -0.39 is 18.0 Å². The van der Waals surface area contributed by atoms with Gasteiger partial charge in [0, 0.05) is 23.7 Å². The third kappa shape index (κ3) is 4.35. The van der Waals surface area contributed by atoms with Crippen molar-refractivity contribution in [2.45, 2.75) is 51.5 Å². The molecule has 3 aromatic heterocycles. The normalized spacial score (nSPS) is 18.4. The fourth-order valence-electron chi connectivity index (χ4n) is 4.05. The standard InChI is InChI=1S/C20H20F3N7O2S2/c1-2-3-11-7-12-16(29-4-5-30-13(8-29)27-28-19(30)20(21,22)23)25-15(26-17(12)34-11)18-24-10(9-33-18)6-14(31)32/h7,10H,2-6,8-9H2,1H3,(H,31,32)/t10-/m1/s1. The number of aryl methyl sites for hydroxylation is 1. The second kappa shape index (κ2) is 8.80. The van der Waals surface area contributed by atoms with E-state index in [9.17, 15) is 18.0 Å². The van der Waals surface area contributed by atoms with Gasteiger partial charge in [-0.05, 0) is 12.5 Å². The minimum absolute atomic E-state index is 0.0609. The summed E-state index contributed by atoms with van der Waals surface area (Å²) in [6, 6.07) is 1.70. The molecule has 180 valence electrons. The van der Waals surface area contributed by atoms with Crippen LogP contribution < -0.4 is 4.90 Å². The van der Waals surface area contributed by atoms with Gasteiger partial charge in [-0.1, -0.05) is 13.3 Å². The molecule has 2 aliphatic heterocycles. The van der Waals surface area contributed by atoms with Crippen molar-refractivity contribution in [2.24, 2.45) is 4.99 Å². The second-order valence-electron chi connectivity index (χ2n) is 8.06. The van der Waals surface area contributed by atoms with Crippen LogP contribution in [-0.2, 0) is 30.5 Å². The number of hydrogen-bond acceptors (Lipinski definition) is 9. The zero-order valence-electron chi connectivity index (χ0n) is 18.0. The number of aromatic nitrogens is 5. The lowest BCUT2D eigenvalue weighted by molar-refractivity contribution is -0.147. The van der Waals surface area contributed by atoms with E-state index in [1.807, 2.05) is 11.0 Å². The predicted molar refractivity (Wildman–Crippen MR) is 123 cm³/mol. The first-order chi connectivity index (χ1) is 16.2. The maximum Gasteiger partial charge on any atom is 0.451 e. The van der Waals surface area contributed by atoms with Crippen molar-refractivity contribution in [3.05, 3.63) is 28.4 Å². The van der Waals surface area contributed by atoms with Crippen molar-refractivity contribution < 1.29 is 23.1 Å². The van der Waals surface area contributed by atoms with E-state index in [1.165, 1.54) is 11.8 Å². The number of anilines is 1. The van der Waals surface area contributed by atoms with E-state index in [-0.39, 0.29) is 31.4 Å². The fourth-order valence-corrected chi connectivity index (χ4v) is 6.16. The summed E-state index contributed by atoms with van der Waals surface area (Å²) in [5.41, 5.74) is 0. The van der Waals surface area contributed by atoms with Crippen LogP contribution in [0.15, 0.2) is 11.1 Å². The highest BCUT2D eigenvalue weighted by atomic mass is 32.2. The van der Waals surface area contributed by atoms with Crippen molar-refractivity contribution in [3.63, 3.8) is 0 Å². The van der Waals surface area contributed by atoms with E-state index in [2.05, 4.69) is 22.1 Å². The Hall–Kier alpha value is -2.74. The number of carboxylic acid groups (broad SMARTS) is 1. The van der Waals surface area contributed by atoms with Crippen LogP contribution in [0.2, 0.25) is 0 Å². The Bertz CT molecular complexity index is 1290. The molecule has 0 aliphatic carbocycles. The first-order valence-electron chi connectivity index (χ1n) is 10.7. The summed E-state index contributed by atoms with van der Waals surface area (Å²) in [7, 11) is 0. The molecule has 1 N–H and O–H groups in total. The molecule has 5 heterocycles. The van der Waals surface area contributed by atoms with Gasteiger partial charge < -0.3 is 14.6 Å². The summed E-state index contributed by atoms with van der Waals surface area (Å²) < 4.78 is 40.8. The van der Waals surface area contributed by atoms with Crippen molar-refractivity contribution in [3.8, 4) is 0 Å². The first-order valence-corrected chi connectivity index (χ1v) is 12.5. The number of aliphatic imine (C=N–C) groups is 1. The number of nitrogens with zero attached hydrogens (tertiary/aromatic N) is 7. The smallest absolute Gasteiger partial charge is 0.451 e. The average Bonchev–Trinajstić information content (AvgIpc) is 3.49. The number of hydrogen-bond donors (Lipinski definition) is 1. The summed E-state index contributed by atoms with van der Waals surface area (Å²) in [6.07, 6.45) is -2.77. The van der Waals surface area contributed by atoms with Crippen molar-refractivity contribution in [2.75, 3.05) is 17.2 Å². The highest BCUT2D eigenvalue weighted by Crippen LogP contribution is 2.36. The van der Waals surface area contributed by atoms with E-state index in [0.717, 1.165) is 32.5 Å². The topological polar surface area (TPSA) is 109 Å². The molecule has 34 heavy (non-hydrogen) atoms. The van der Waals surface area contributed by atoms with Gasteiger partial charge >= 0.3 is 12.1 Å². The van der Waals surface area contributed by atoms with Gasteiger partial charge in [0.1, 0.15) is 15.7 Å². The molecule has 0 amide bonds. The van der Waals surface area contributed by atoms with E-state index in [1.54, 1.807) is 11.3 Å². The molecule has 0 fully saturated rings. The molecule has 0 radical (unpaired) electrons. The van der Waals surface area contributed by atoms with Gasteiger partial charge in [-0.2, -0.15) is 13.2 Å². The molecule has 0 spiro atoms. The van der Waals surface area contributed by atoms with E-state index in [0.29, 0.717) is 29.0 Å². The quantitative estimate of drug-likeness (QED) is 0.535. The Morgan fingerprint density at radius 2 is 2.09 bits per heavy atom. The zero-order chi connectivity index (χ0) is 24.0. The number of carbonyl (C=O) groups is 1. The van der Waals surface area contributed by atoms with Crippen LogP contribution in [0.1, 0.15) is 42.1 Å². The molecule has 2 aliphatic rings. The maximum absolute atomic E-state index is 13.2. The molecule has 14 heteroatoms. The monoisotopic (exact) mass is 511 g/mol. The number of aliphatic carboxylic acids is 1. The van der Waals surface area contributed by atoms with Crippen LogP contribution in [-0.4, -0.2) is 59.2 Å². The lowest BCUT2D eigenvalue weighted by Crippen LogP contribution is -2.36. The van der Waals surface area contributed by atoms with E-state index in [4.69, 9.17) is 15.1 Å². The molecule has 1 atom stereocenters. The van der Waals surface area contributed by atoms with Gasteiger partial charge in [0.05, 0.1) is 24.4 Å². The highest BCUT2D eigenvalue weighted by molar-refractivity contribution is 8.14. The van der Waals surface area contributed by atoms with Crippen LogP contribution in [0.4, 0.5) is 19.0 Å². The highest BCUT2D eigenvalue weighted by Gasteiger charge is 2.40. The molecular formula is C20H20F3N7O2S2. The summed E-state index contributed by atoms with van der Waals surface area (Å²) >= 11 is 2.98. The van der Waals surface area contributed by atoms with Crippen LogP contribution in [0.3, 0.4) is 0 Å². The van der Waals surface area contributed by atoms with Crippen LogP contribution in [0.25, 0.3) is 10.2 Å². The van der Waals surface area contributed by atoms with Crippen molar-refractivity contribution in [1.29, 1.82) is 0 Å². The average molecular weight is 512 g/mol. The minimum Gasteiger partial charge on any atom is -0.481 e. The Morgan fingerprint density at radius 1 is 1.26 bits per heavy atom. The lowest BCUT2D eigenvalue weighted by Gasteiger charge is -2.29. The summed E-state index contributed by atoms with van der Waals surface area (Å²) in [5, 5.41) is 17.6. The number of alkyl halides is 3. The Balaban J connectivity index is 1.53. The molecule has 0 aromatic carbocycles. The van der Waals surface area contributed by atoms with Crippen molar-refractivity contribution >= 4 is 50.1 Å². The van der Waals surface area contributed by atoms with Gasteiger partial charge in [-0.25, -0.2) is 9.97 Å². The molecule has 3 aromatic rings. The van der Waals surface area contributed by atoms with Crippen LogP contribution in [0, 0.1) is 0 Å². The summed E-state index contributed by atoms with van der Waals surface area (Å²) in [5.74, 6) is -0.107. The first kappa shape index (κ1) is 23.0. The van der Waals surface area contributed by atoms with E-state index >= 15 is 0 Å². The molecule has 0 saturated heterocycles. The van der Waals surface area contributed by atoms with Crippen LogP contribution >= 0.6 is 23.1 Å². The van der Waals surface area contributed by atoms with Crippen molar-refractivity contribution in [1.82, 2.24) is 24.7 Å². The molecule has 9 nitrogen and oxygen atoms in total. The van der Waals surface area contributed by atoms with Crippen LogP contribution in [0.5, 0.6) is 0 Å². The number of halogens is 3. The van der Waals surface area contributed by atoms with Gasteiger partial charge in [0.2, 0.25) is 5.82 Å². The Labute approximate surface area is 200 Å². The Morgan fingerprint density at radius 3 is 2.82 bits per heavy atom. The molecule has 0 unspecified atom stereocenters. The largest absolute Gasteiger partial charge is 0.481 e. The van der Waals surface area contributed by atoms with Gasteiger partial charge in [-0.3, -0.25) is 9.79 Å². The number of rotatable bonds is 6. The van der Waals surface area contributed by atoms with Gasteiger partial charge in [0.15, 0.2) is 11.6 Å². The molecule has 5 rings (SSSR count). The lowest BCUT2D eigenvalue weighted by atomic mass is 10.2. The fraction of sp³-hybridized carbons (Fsp3) is 0.500. The molecule has 0 bridgehead atoms. The maximum atomic E-state index is 13.2. The van der Waals surface area contributed by atoms with Gasteiger partial charge in [-0.15, -0.1) is 33.3 Å². The molecular weight excluding hydrogens is 491 g/mol. The third-order valence-electron chi connectivity index (χ3n) is 5.54. The Kier molecular flexibility index (Phi) is 5.96. The third-order valence-corrected chi connectivity index (χ3v) is 7.74. The second-order valence-corrected chi connectivity index (χ2v) is 10.2. The number of fused-ring (bicyclic) bond motifs is 2.